The topological polar surface area (TPSA) is 96.5 Å². The smallest absolute Gasteiger partial charge is 0.337 e. The Balaban J connectivity index is 1.88. The van der Waals surface area contributed by atoms with E-state index in [-0.39, 0.29) is 24.3 Å². The highest BCUT2D eigenvalue weighted by molar-refractivity contribution is 8.00. The van der Waals surface area contributed by atoms with Gasteiger partial charge < -0.3 is 20.7 Å². The van der Waals surface area contributed by atoms with E-state index < -0.39 is 12.0 Å². The Morgan fingerprint density at radius 1 is 1.27 bits per heavy atom. The Labute approximate surface area is 156 Å². The Kier molecular flexibility index (Phi) is 7.53. The van der Waals surface area contributed by atoms with Gasteiger partial charge >= 0.3 is 12.0 Å². The first-order valence-electron chi connectivity index (χ1n) is 8.37. The summed E-state index contributed by atoms with van der Waals surface area (Å²) in [5.41, 5.74) is 1.90. The number of ether oxygens (including phenoxy) is 1. The number of thioether (sulfide) groups is 1. The van der Waals surface area contributed by atoms with Crippen LogP contribution in [0.3, 0.4) is 0 Å². The standard InChI is InChI=1S/C18H23N3O4S/c1-3-25-17(23)16-12(2)20-18(24)21-14(16)10-26-11-15(22)19-9-13-7-5-4-6-8-13/h4-8,12H,3,9-11H2,1-2H3,(H,19,22)(H2,20,21,24)/t12-/m1/s1. The number of carbonyl (C=O) groups excluding carboxylic acids is 3. The lowest BCUT2D eigenvalue weighted by Crippen LogP contribution is -2.49. The molecule has 0 aliphatic carbocycles. The molecule has 3 N–H and O–H groups in total. The molecule has 0 bridgehead atoms. The molecular formula is C18H23N3O4S. The van der Waals surface area contributed by atoms with E-state index in [0.29, 0.717) is 23.6 Å². The molecule has 0 fully saturated rings. The van der Waals surface area contributed by atoms with Crippen LogP contribution < -0.4 is 16.0 Å². The molecule has 0 aromatic heterocycles. The average Bonchev–Trinajstić information content (AvgIpc) is 2.60. The van der Waals surface area contributed by atoms with E-state index in [1.54, 1.807) is 13.8 Å². The lowest BCUT2D eigenvalue weighted by Gasteiger charge is -2.26. The summed E-state index contributed by atoms with van der Waals surface area (Å²) in [6.45, 7) is 4.17. The maximum Gasteiger partial charge on any atom is 0.337 e. The first kappa shape index (κ1) is 19.8. The van der Waals surface area contributed by atoms with Crippen molar-refractivity contribution < 1.29 is 19.1 Å². The Hall–Kier alpha value is -2.48. The maximum atomic E-state index is 12.1. The van der Waals surface area contributed by atoms with E-state index in [1.807, 2.05) is 30.3 Å². The molecule has 3 amide bonds. The van der Waals surface area contributed by atoms with Crippen molar-refractivity contribution in [3.05, 3.63) is 47.2 Å². The van der Waals surface area contributed by atoms with Gasteiger partial charge in [0.2, 0.25) is 5.91 Å². The molecular weight excluding hydrogens is 354 g/mol. The van der Waals surface area contributed by atoms with Gasteiger partial charge in [-0.05, 0) is 19.4 Å². The van der Waals surface area contributed by atoms with Crippen LogP contribution in [0.4, 0.5) is 4.79 Å². The third-order valence-electron chi connectivity index (χ3n) is 3.68. The summed E-state index contributed by atoms with van der Waals surface area (Å²) in [6, 6.07) is 8.83. The van der Waals surface area contributed by atoms with Crippen LogP contribution in [0.1, 0.15) is 19.4 Å². The molecule has 0 spiro atoms. The summed E-state index contributed by atoms with van der Waals surface area (Å²) >= 11 is 1.33. The second-order valence-electron chi connectivity index (χ2n) is 5.69. The summed E-state index contributed by atoms with van der Waals surface area (Å²) in [4.78, 5) is 35.8. The fourth-order valence-corrected chi connectivity index (χ4v) is 3.31. The normalized spacial score (nSPS) is 16.5. The highest BCUT2D eigenvalue weighted by atomic mass is 32.2. The van der Waals surface area contributed by atoms with Gasteiger partial charge in [-0.15, -0.1) is 11.8 Å². The number of carbonyl (C=O) groups is 3. The molecule has 2 rings (SSSR count). The molecule has 0 saturated carbocycles. The van der Waals surface area contributed by atoms with Gasteiger partial charge in [-0.1, -0.05) is 30.3 Å². The van der Waals surface area contributed by atoms with E-state index in [0.717, 1.165) is 5.56 Å². The SMILES string of the molecule is CCOC(=O)C1=C(CSCC(=O)NCc2ccccc2)NC(=O)N[C@@H]1C. The van der Waals surface area contributed by atoms with E-state index in [4.69, 9.17) is 4.74 Å². The van der Waals surface area contributed by atoms with Crippen LogP contribution >= 0.6 is 11.8 Å². The Bertz CT molecular complexity index is 691. The Morgan fingerprint density at radius 2 is 2.00 bits per heavy atom. The summed E-state index contributed by atoms with van der Waals surface area (Å²) in [5.74, 6) is -0.00325. The molecule has 1 aromatic rings. The zero-order valence-corrected chi connectivity index (χ0v) is 15.7. The van der Waals surface area contributed by atoms with Gasteiger partial charge in [-0.25, -0.2) is 9.59 Å². The minimum Gasteiger partial charge on any atom is -0.463 e. The van der Waals surface area contributed by atoms with Gasteiger partial charge in [-0.2, -0.15) is 0 Å². The largest absolute Gasteiger partial charge is 0.463 e. The first-order valence-corrected chi connectivity index (χ1v) is 9.52. The minimum absolute atomic E-state index is 0.106. The summed E-state index contributed by atoms with van der Waals surface area (Å²) < 4.78 is 5.06. The highest BCUT2D eigenvalue weighted by Crippen LogP contribution is 2.18. The summed E-state index contributed by atoms with van der Waals surface area (Å²) in [6.07, 6.45) is 0. The van der Waals surface area contributed by atoms with Crippen LogP contribution in [0, 0.1) is 0 Å². The van der Waals surface area contributed by atoms with Gasteiger partial charge in [0, 0.05) is 18.0 Å². The number of urea groups is 1. The van der Waals surface area contributed by atoms with E-state index in [2.05, 4.69) is 16.0 Å². The second kappa shape index (κ2) is 9.86. The third kappa shape index (κ3) is 5.80. The van der Waals surface area contributed by atoms with Crippen LogP contribution in [-0.4, -0.2) is 42.1 Å². The lowest BCUT2D eigenvalue weighted by molar-refractivity contribution is -0.139. The molecule has 0 unspecified atom stereocenters. The summed E-state index contributed by atoms with van der Waals surface area (Å²) in [7, 11) is 0. The van der Waals surface area contributed by atoms with Crippen molar-refractivity contribution in [2.24, 2.45) is 0 Å². The van der Waals surface area contributed by atoms with Crippen molar-refractivity contribution >= 4 is 29.7 Å². The third-order valence-corrected chi connectivity index (χ3v) is 4.64. The maximum absolute atomic E-state index is 12.1. The molecule has 1 aromatic carbocycles. The van der Waals surface area contributed by atoms with Gasteiger partial charge in [0.05, 0.1) is 24.0 Å². The fraction of sp³-hybridized carbons (Fsp3) is 0.389. The number of rotatable bonds is 8. The van der Waals surface area contributed by atoms with Crippen LogP contribution in [0.15, 0.2) is 41.6 Å². The first-order chi connectivity index (χ1) is 12.5. The molecule has 1 aliphatic rings. The molecule has 1 aliphatic heterocycles. The molecule has 1 heterocycles. The van der Waals surface area contributed by atoms with Crippen molar-refractivity contribution in [2.75, 3.05) is 18.1 Å². The van der Waals surface area contributed by atoms with Crippen LogP contribution in [0.2, 0.25) is 0 Å². The van der Waals surface area contributed by atoms with Crippen LogP contribution in [0.5, 0.6) is 0 Å². The monoisotopic (exact) mass is 377 g/mol. The van der Waals surface area contributed by atoms with Crippen molar-refractivity contribution in [3.63, 3.8) is 0 Å². The van der Waals surface area contributed by atoms with Gasteiger partial charge in [0.15, 0.2) is 0 Å². The number of hydrogen-bond acceptors (Lipinski definition) is 5. The zero-order chi connectivity index (χ0) is 18.9. The lowest BCUT2D eigenvalue weighted by atomic mass is 10.1. The molecule has 26 heavy (non-hydrogen) atoms. The molecule has 7 nitrogen and oxygen atoms in total. The van der Waals surface area contributed by atoms with Crippen LogP contribution in [-0.2, 0) is 20.9 Å². The number of benzene rings is 1. The predicted octanol–water partition coefficient (Wildman–Crippen LogP) is 1.55. The molecule has 140 valence electrons. The molecule has 0 saturated heterocycles. The fourth-order valence-electron chi connectivity index (χ4n) is 2.49. The van der Waals surface area contributed by atoms with Crippen molar-refractivity contribution in [3.8, 4) is 0 Å². The predicted molar refractivity (Wildman–Crippen MR) is 100 cm³/mol. The molecule has 1 atom stereocenters. The van der Waals surface area contributed by atoms with Gasteiger partial charge in [-0.3, -0.25) is 4.79 Å². The van der Waals surface area contributed by atoms with Crippen molar-refractivity contribution in [2.45, 2.75) is 26.4 Å². The van der Waals surface area contributed by atoms with Gasteiger partial charge in [0.25, 0.3) is 0 Å². The number of hydrogen-bond donors (Lipinski definition) is 3. The number of nitrogens with one attached hydrogen (secondary N) is 3. The molecule has 8 heteroatoms. The Morgan fingerprint density at radius 3 is 2.69 bits per heavy atom. The number of amides is 3. The zero-order valence-electron chi connectivity index (χ0n) is 14.8. The van der Waals surface area contributed by atoms with Crippen molar-refractivity contribution in [1.29, 1.82) is 0 Å². The van der Waals surface area contributed by atoms with Crippen LogP contribution in [0.25, 0.3) is 0 Å². The summed E-state index contributed by atoms with van der Waals surface area (Å²) in [5, 5.41) is 8.12. The van der Waals surface area contributed by atoms with E-state index in [9.17, 15) is 14.4 Å². The molecule has 0 radical (unpaired) electrons. The average molecular weight is 377 g/mol. The highest BCUT2D eigenvalue weighted by Gasteiger charge is 2.29. The number of esters is 1. The van der Waals surface area contributed by atoms with E-state index in [1.165, 1.54) is 11.8 Å². The second-order valence-corrected chi connectivity index (χ2v) is 6.67. The van der Waals surface area contributed by atoms with E-state index >= 15 is 0 Å². The van der Waals surface area contributed by atoms with Crippen molar-refractivity contribution in [1.82, 2.24) is 16.0 Å². The van der Waals surface area contributed by atoms with Gasteiger partial charge in [0.1, 0.15) is 0 Å². The quantitative estimate of drug-likeness (QED) is 0.598. The minimum atomic E-state index is -0.461.